The summed E-state index contributed by atoms with van der Waals surface area (Å²) in [6.45, 7) is 0. The number of ketones is 1. The highest BCUT2D eigenvalue weighted by Gasteiger charge is 2.26. The van der Waals surface area contributed by atoms with Gasteiger partial charge in [0.1, 0.15) is 17.0 Å². The molecule has 0 aliphatic heterocycles. The molecule has 1 aromatic carbocycles. The maximum absolute atomic E-state index is 11.8. The maximum Gasteiger partial charge on any atom is 0.161 e. The van der Waals surface area contributed by atoms with E-state index in [2.05, 4.69) is 4.98 Å². The van der Waals surface area contributed by atoms with Crippen LogP contribution in [0.15, 0.2) is 48.2 Å². The first-order chi connectivity index (χ1) is 11.1. The van der Waals surface area contributed by atoms with E-state index in [1.807, 2.05) is 24.3 Å². The van der Waals surface area contributed by atoms with Gasteiger partial charge in [-0.15, -0.1) is 0 Å². The molecular weight excluding hydrogens is 314 g/mol. The van der Waals surface area contributed by atoms with Crippen molar-refractivity contribution in [1.82, 2.24) is 4.98 Å². The van der Waals surface area contributed by atoms with Gasteiger partial charge in [-0.05, 0) is 30.2 Å². The molecule has 1 heterocycles. The van der Waals surface area contributed by atoms with Gasteiger partial charge in [-0.2, -0.15) is 0 Å². The number of allylic oxidation sites excluding steroid dienone is 1. The number of halogens is 1. The summed E-state index contributed by atoms with van der Waals surface area (Å²) in [5.41, 5.74) is 2.59. The fourth-order valence-corrected chi connectivity index (χ4v) is 2.85. The molecule has 0 saturated heterocycles. The predicted molar refractivity (Wildman–Crippen MR) is 88.5 cm³/mol. The van der Waals surface area contributed by atoms with Crippen LogP contribution >= 0.6 is 11.6 Å². The molecule has 0 saturated carbocycles. The Hall–Kier alpha value is -2.17. The number of nitrogens with zero attached hydrogens (tertiary/aromatic N) is 1. The first-order valence-corrected chi connectivity index (χ1v) is 7.69. The highest BCUT2D eigenvalue weighted by molar-refractivity contribution is 6.30. The first kappa shape index (κ1) is 15.7. The van der Waals surface area contributed by atoms with Crippen molar-refractivity contribution in [2.45, 2.75) is 18.9 Å². The topological polar surface area (TPSA) is 59.4 Å². The van der Waals surface area contributed by atoms with E-state index in [-0.39, 0.29) is 10.9 Å². The molecule has 1 aliphatic carbocycles. The molecule has 1 aromatic heterocycles. The van der Waals surface area contributed by atoms with Crippen LogP contribution in [0.1, 0.15) is 24.5 Å². The van der Waals surface area contributed by atoms with E-state index in [0.717, 1.165) is 16.9 Å². The van der Waals surface area contributed by atoms with Crippen molar-refractivity contribution in [3.05, 3.63) is 58.9 Å². The van der Waals surface area contributed by atoms with E-state index in [1.165, 1.54) is 0 Å². The van der Waals surface area contributed by atoms with Crippen molar-refractivity contribution >= 4 is 17.4 Å². The predicted octanol–water partition coefficient (Wildman–Crippen LogP) is 3.73. The van der Waals surface area contributed by atoms with Gasteiger partial charge in [-0.25, -0.2) is 4.98 Å². The fourth-order valence-electron chi connectivity index (χ4n) is 2.65. The van der Waals surface area contributed by atoms with Gasteiger partial charge in [0.15, 0.2) is 5.78 Å². The second-order valence-electron chi connectivity index (χ2n) is 5.36. The zero-order valence-corrected chi connectivity index (χ0v) is 13.4. The Morgan fingerprint density at radius 1 is 1.26 bits per heavy atom. The van der Waals surface area contributed by atoms with E-state index in [4.69, 9.17) is 16.3 Å². The van der Waals surface area contributed by atoms with Crippen molar-refractivity contribution < 1.29 is 14.6 Å². The Morgan fingerprint density at radius 2 is 2.00 bits per heavy atom. The van der Waals surface area contributed by atoms with E-state index < -0.39 is 6.10 Å². The van der Waals surface area contributed by atoms with Crippen molar-refractivity contribution in [3.8, 4) is 16.9 Å². The average Bonchev–Trinajstić information content (AvgIpc) is 3.01. The Bertz CT molecular complexity index is 768. The molecule has 2 aromatic rings. The van der Waals surface area contributed by atoms with Crippen molar-refractivity contribution in [2.75, 3.05) is 7.11 Å². The summed E-state index contributed by atoms with van der Waals surface area (Å²) in [7, 11) is 1.61. The second-order valence-corrected chi connectivity index (χ2v) is 5.71. The molecule has 1 unspecified atom stereocenters. The van der Waals surface area contributed by atoms with Gasteiger partial charge in [0.2, 0.25) is 0 Å². The highest BCUT2D eigenvalue weighted by Crippen LogP contribution is 2.34. The first-order valence-electron chi connectivity index (χ1n) is 7.31. The zero-order valence-electron chi connectivity index (χ0n) is 12.6. The lowest BCUT2D eigenvalue weighted by atomic mass is 9.98. The van der Waals surface area contributed by atoms with Crippen LogP contribution in [0.5, 0.6) is 5.75 Å². The summed E-state index contributed by atoms with van der Waals surface area (Å²) < 4.78 is 5.14. The molecule has 1 aliphatic rings. The van der Waals surface area contributed by atoms with Crippen molar-refractivity contribution in [3.63, 3.8) is 0 Å². The van der Waals surface area contributed by atoms with E-state index in [1.54, 1.807) is 25.4 Å². The highest BCUT2D eigenvalue weighted by atomic mass is 35.5. The summed E-state index contributed by atoms with van der Waals surface area (Å²) in [5, 5.41) is 10.7. The van der Waals surface area contributed by atoms with Crippen LogP contribution in [-0.2, 0) is 4.79 Å². The summed E-state index contributed by atoms with van der Waals surface area (Å²) >= 11 is 6.12. The monoisotopic (exact) mass is 329 g/mol. The number of hydrogen-bond donors (Lipinski definition) is 1. The SMILES string of the molecule is COc1ccc(-c2cnc(Cl)c(C(O)C3=CCCC3=O)c2)cc1. The maximum atomic E-state index is 11.8. The Morgan fingerprint density at radius 3 is 2.61 bits per heavy atom. The van der Waals surface area contributed by atoms with Gasteiger partial charge >= 0.3 is 0 Å². The molecule has 4 nitrogen and oxygen atoms in total. The minimum Gasteiger partial charge on any atom is -0.497 e. The molecule has 0 bridgehead atoms. The van der Waals surface area contributed by atoms with Gasteiger partial charge in [0, 0.05) is 29.3 Å². The van der Waals surface area contributed by atoms with Crippen LogP contribution in [0.4, 0.5) is 0 Å². The number of benzene rings is 1. The number of hydrogen-bond acceptors (Lipinski definition) is 4. The summed E-state index contributed by atoms with van der Waals surface area (Å²) in [5.74, 6) is 0.723. The largest absolute Gasteiger partial charge is 0.497 e. The third kappa shape index (κ3) is 3.14. The second kappa shape index (κ2) is 6.52. The smallest absolute Gasteiger partial charge is 0.161 e. The number of carbonyl (C=O) groups excluding carboxylic acids is 1. The van der Waals surface area contributed by atoms with Crippen LogP contribution in [0.3, 0.4) is 0 Å². The number of aliphatic hydroxyl groups is 1. The lowest BCUT2D eigenvalue weighted by molar-refractivity contribution is -0.115. The molecule has 5 heteroatoms. The lowest BCUT2D eigenvalue weighted by Crippen LogP contribution is -2.09. The summed E-state index contributed by atoms with van der Waals surface area (Å²) in [6.07, 6.45) is 3.47. The number of aliphatic hydroxyl groups excluding tert-OH is 1. The molecule has 0 fully saturated rings. The van der Waals surface area contributed by atoms with Gasteiger partial charge in [0.25, 0.3) is 0 Å². The Labute approximate surface area is 139 Å². The van der Waals surface area contributed by atoms with Gasteiger partial charge in [-0.3, -0.25) is 4.79 Å². The normalized spacial score (nSPS) is 15.4. The molecule has 0 radical (unpaired) electrons. The van der Waals surface area contributed by atoms with Crippen LogP contribution in [0.2, 0.25) is 5.15 Å². The minimum atomic E-state index is -1.04. The number of carbonyl (C=O) groups is 1. The van der Waals surface area contributed by atoms with Crippen LogP contribution in [-0.4, -0.2) is 23.0 Å². The Kier molecular flexibility index (Phi) is 4.46. The summed E-state index contributed by atoms with van der Waals surface area (Å²) in [6, 6.07) is 9.28. The zero-order chi connectivity index (χ0) is 16.4. The number of ether oxygens (including phenoxy) is 1. The van der Waals surface area contributed by atoms with Gasteiger partial charge < -0.3 is 9.84 Å². The van der Waals surface area contributed by atoms with Crippen LogP contribution in [0, 0.1) is 0 Å². The molecule has 118 valence electrons. The molecule has 1 atom stereocenters. The molecule has 1 N–H and O–H groups in total. The number of methoxy groups -OCH3 is 1. The molecular formula is C18H16ClNO3. The number of Topliss-reactive ketones (excluding diaryl/α,β-unsaturated/α-hetero) is 1. The van der Waals surface area contributed by atoms with E-state index in [9.17, 15) is 9.90 Å². The van der Waals surface area contributed by atoms with Gasteiger partial charge in [-0.1, -0.05) is 29.8 Å². The van der Waals surface area contributed by atoms with E-state index in [0.29, 0.717) is 24.0 Å². The third-order valence-corrected chi connectivity index (χ3v) is 4.25. The number of rotatable bonds is 4. The minimum absolute atomic E-state index is 0.0385. The molecule has 23 heavy (non-hydrogen) atoms. The molecule has 3 rings (SSSR count). The lowest BCUT2D eigenvalue weighted by Gasteiger charge is -2.14. The van der Waals surface area contributed by atoms with Gasteiger partial charge in [0.05, 0.1) is 7.11 Å². The van der Waals surface area contributed by atoms with Crippen LogP contribution in [0.25, 0.3) is 11.1 Å². The van der Waals surface area contributed by atoms with E-state index >= 15 is 0 Å². The summed E-state index contributed by atoms with van der Waals surface area (Å²) in [4.78, 5) is 16.0. The van der Waals surface area contributed by atoms with Crippen molar-refractivity contribution in [2.24, 2.45) is 0 Å². The van der Waals surface area contributed by atoms with Crippen molar-refractivity contribution in [1.29, 1.82) is 0 Å². The standard InChI is InChI=1S/C18H16ClNO3/c1-23-13-7-5-11(6-8-13)12-9-15(18(19)20-10-12)17(22)14-3-2-4-16(14)21/h3,5-10,17,22H,2,4H2,1H3. The quantitative estimate of drug-likeness (QED) is 0.868. The molecule has 0 spiro atoms. The average molecular weight is 330 g/mol. The third-order valence-electron chi connectivity index (χ3n) is 3.94. The fraction of sp³-hybridized carbons (Fsp3) is 0.222. The number of aromatic nitrogens is 1. The van der Waals surface area contributed by atoms with Crippen LogP contribution < -0.4 is 4.74 Å². The molecule has 0 amide bonds. The Balaban J connectivity index is 1.96. The number of pyridine rings is 1.